The molecule has 0 saturated carbocycles. The van der Waals surface area contributed by atoms with E-state index in [0.717, 1.165) is 29.7 Å². The van der Waals surface area contributed by atoms with Crippen molar-refractivity contribution >= 4 is 45.1 Å². The average molecular weight is 426 g/mol. The molecule has 1 fully saturated rings. The van der Waals surface area contributed by atoms with Gasteiger partial charge in [0.25, 0.3) is 0 Å². The second-order valence-corrected chi connectivity index (χ2v) is 7.94. The second-order valence-electron chi connectivity index (χ2n) is 6.64. The quantitative estimate of drug-likeness (QED) is 0.487. The summed E-state index contributed by atoms with van der Waals surface area (Å²) >= 11 is 8.95. The molecule has 0 spiro atoms. The van der Waals surface area contributed by atoms with E-state index < -0.39 is 5.97 Å². The van der Waals surface area contributed by atoms with Crippen LogP contribution in [0.3, 0.4) is 0 Å². The van der Waals surface area contributed by atoms with Crippen LogP contribution in [0.5, 0.6) is 0 Å². The number of halogens is 1. The van der Waals surface area contributed by atoms with Crippen molar-refractivity contribution in [2.75, 3.05) is 6.54 Å². The zero-order chi connectivity index (χ0) is 18.4. The molecule has 25 heavy (non-hydrogen) atoms. The van der Waals surface area contributed by atoms with Crippen LogP contribution in [-0.4, -0.2) is 39.0 Å². The monoisotopic (exact) mass is 425 g/mol. The van der Waals surface area contributed by atoms with Crippen LogP contribution in [0.4, 0.5) is 0 Å². The summed E-state index contributed by atoms with van der Waals surface area (Å²) in [6.45, 7) is 5.63. The van der Waals surface area contributed by atoms with Crippen LogP contribution in [0.1, 0.15) is 45.1 Å². The third-order valence-corrected chi connectivity index (χ3v) is 5.15. The van der Waals surface area contributed by atoms with E-state index >= 15 is 0 Å². The average Bonchev–Trinajstić information content (AvgIpc) is 2.75. The Balaban J connectivity index is 1.93. The Hall–Kier alpha value is -1.47. The van der Waals surface area contributed by atoms with Crippen molar-refractivity contribution < 1.29 is 9.90 Å². The SMILES string of the molecule is CC1(C)C(=NCCCCCC(=O)O)NC(=S)N1Cc1ccc(Br)cc1. The lowest BCUT2D eigenvalue weighted by atomic mass is 10.0. The number of aliphatic carboxylic acids is 1. The highest BCUT2D eigenvalue weighted by atomic mass is 79.9. The highest BCUT2D eigenvalue weighted by molar-refractivity contribution is 9.10. The molecular weight excluding hydrogens is 402 g/mol. The number of amidine groups is 1. The first-order chi connectivity index (χ1) is 11.8. The van der Waals surface area contributed by atoms with Crippen molar-refractivity contribution in [2.24, 2.45) is 4.99 Å². The third-order valence-electron chi connectivity index (χ3n) is 4.30. The summed E-state index contributed by atoms with van der Waals surface area (Å²) in [5.74, 6) is 0.145. The van der Waals surface area contributed by atoms with Crippen molar-refractivity contribution in [2.45, 2.75) is 51.6 Å². The Morgan fingerprint density at radius 2 is 1.96 bits per heavy atom. The van der Waals surface area contributed by atoms with E-state index in [1.807, 2.05) is 12.1 Å². The summed E-state index contributed by atoms with van der Waals surface area (Å²) in [4.78, 5) is 17.3. The number of rotatable bonds is 8. The minimum atomic E-state index is -0.737. The number of thiocarbonyl (C=S) groups is 1. The van der Waals surface area contributed by atoms with Gasteiger partial charge in [-0.2, -0.15) is 0 Å². The molecule has 0 bridgehead atoms. The molecule has 7 heteroatoms. The van der Waals surface area contributed by atoms with Gasteiger partial charge in [-0.1, -0.05) is 34.5 Å². The molecule has 1 saturated heterocycles. The van der Waals surface area contributed by atoms with Crippen LogP contribution < -0.4 is 5.32 Å². The van der Waals surface area contributed by atoms with Gasteiger partial charge in [0, 0.05) is 24.0 Å². The fourth-order valence-corrected chi connectivity index (χ4v) is 3.39. The Labute approximate surface area is 162 Å². The normalized spacial score (nSPS) is 17.8. The summed E-state index contributed by atoms with van der Waals surface area (Å²) in [5.41, 5.74) is 0.904. The molecular formula is C18H24BrN3O2S. The number of unbranched alkanes of at least 4 members (excludes halogenated alkanes) is 2. The number of carbonyl (C=O) groups is 1. The van der Waals surface area contributed by atoms with Gasteiger partial charge in [-0.25, -0.2) is 0 Å². The van der Waals surface area contributed by atoms with Crippen LogP contribution in [0.2, 0.25) is 0 Å². The largest absolute Gasteiger partial charge is 0.481 e. The zero-order valence-electron chi connectivity index (χ0n) is 14.6. The second kappa shape index (κ2) is 8.76. The molecule has 0 unspecified atom stereocenters. The molecule has 0 aliphatic carbocycles. The number of nitrogens with one attached hydrogen (secondary N) is 1. The van der Waals surface area contributed by atoms with Crippen LogP contribution in [0.15, 0.2) is 33.7 Å². The Morgan fingerprint density at radius 1 is 1.28 bits per heavy atom. The first-order valence-electron chi connectivity index (χ1n) is 8.40. The first kappa shape index (κ1) is 19.8. The van der Waals surface area contributed by atoms with Gasteiger partial charge in [-0.15, -0.1) is 0 Å². The Bertz CT molecular complexity index is 659. The predicted molar refractivity (Wildman–Crippen MR) is 108 cm³/mol. The van der Waals surface area contributed by atoms with Crippen molar-refractivity contribution in [1.29, 1.82) is 0 Å². The van der Waals surface area contributed by atoms with Gasteiger partial charge in [-0.05, 0) is 56.6 Å². The lowest BCUT2D eigenvalue weighted by molar-refractivity contribution is -0.137. The fourth-order valence-electron chi connectivity index (χ4n) is 2.73. The number of nitrogens with zero attached hydrogens (tertiary/aromatic N) is 2. The van der Waals surface area contributed by atoms with Crippen molar-refractivity contribution in [3.05, 3.63) is 34.3 Å². The van der Waals surface area contributed by atoms with E-state index in [9.17, 15) is 4.79 Å². The third kappa shape index (κ3) is 5.51. The molecule has 1 aliphatic heterocycles. The smallest absolute Gasteiger partial charge is 0.303 e. The summed E-state index contributed by atoms with van der Waals surface area (Å²) in [6.07, 6.45) is 2.68. The molecule has 1 heterocycles. The number of benzene rings is 1. The van der Waals surface area contributed by atoms with Crippen molar-refractivity contribution in [3.8, 4) is 0 Å². The summed E-state index contributed by atoms with van der Waals surface area (Å²) in [6, 6.07) is 8.22. The Kier molecular flexibility index (Phi) is 6.95. The van der Waals surface area contributed by atoms with Gasteiger partial charge < -0.3 is 15.3 Å². The van der Waals surface area contributed by atoms with Crippen molar-refractivity contribution in [1.82, 2.24) is 10.2 Å². The molecule has 1 aromatic rings. The standard InChI is InChI=1S/C18H24BrN3O2S/c1-18(2)16(20-11-5-3-4-6-15(23)24)21-17(25)22(18)12-13-7-9-14(19)10-8-13/h7-10H,3-6,11-12H2,1-2H3,(H,23,24)(H,20,21,25). The minimum Gasteiger partial charge on any atom is -0.481 e. The summed E-state index contributed by atoms with van der Waals surface area (Å²) < 4.78 is 1.06. The van der Waals surface area contributed by atoms with Gasteiger partial charge in [0.05, 0.1) is 5.54 Å². The topological polar surface area (TPSA) is 64.9 Å². The van der Waals surface area contributed by atoms with Gasteiger partial charge in [0.15, 0.2) is 5.11 Å². The zero-order valence-corrected chi connectivity index (χ0v) is 17.0. The predicted octanol–water partition coefficient (Wildman–Crippen LogP) is 3.96. The Morgan fingerprint density at radius 3 is 2.60 bits per heavy atom. The maximum absolute atomic E-state index is 10.5. The molecule has 1 aliphatic rings. The van der Waals surface area contributed by atoms with Crippen LogP contribution in [0.25, 0.3) is 0 Å². The molecule has 1 aromatic carbocycles. The molecule has 2 rings (SSSR count). The lowest BCUT2D eigenvalue weighted by Crippen LogP contribution is -2.43. The summed E-state index contributed by atoms with van der Waals surface area (Å²) in [7, 11) is 0. The number of hydrogen-bond donors (Lipinski definition) is 2. The van der Waals surface area contributed by atoms with E-state index in [4.69, 9.17) is 17.3 Å². The van der Waals surface area contributed by atoms with E-state index in [1.165, 1.54) is 5.56 Å². The number of carboxylic acid groups (broad SMARTS) is 1. The van der Waals surface area contributed by atoms with Gasteiger partial charge in [0.2, 0.25) is 0 Å². The van der Waals surface area contributed by atoms with Gasteiger partial charge in [-0.3, -0.25) is 9.79 Å². The fraction of sp³-hybridized carbons (Fsp3) is 0.500. The van der Waals surface area contributed by atoms with E-state index in [2.05, 4.69) is 57.1 Å². The van der Waals surface area contributed by atoms with Crippen molar-refractivity contribution in [3.63, 3.8) is 0 Å². The van der Waals surface area contributed by atoms with E-state index in [0.29, 0.717) is 18.1 Å². The first-order valence-corrected chi connectivity index (χ1v) is 9.60. The molecule has 5 nitrogen and oxygen atoms in total. The van der Waals surface area contributed by atoms with Gasteiger partial charge in [0.1, 0.15) is 5.84 Å². The number of hydrogen-bond acceptors (Lipinski definition) is 3. The van der Waals surface area contributed by atoms with Crippen LogP contribution in [-0.2, 0) is 11.3 Å². The molecule has 0 aromatic heterocycles. The molecule has 0 atom stereocenters. The van der Waals surface area contributed by atoms with Gasteiger partial charge >= 0.3 is 5.97 Å². The van der Waals surface area contributed by atoms with Crippen LogP contribution in [0, 0.1) is 0 Å². The molecule has 0 amide bonds. The molecule has 136 valence electrons. The number of carboxylic acids is 1. The summed E-state index contributed by atoms with van der Waals surface area (Å²) in [5, 5.41) is 12.6. The highest BCUT2D eigenvalue weighted by Gasteiger charge is 2.41. The maximum atomic E-state index is 10.5. The van der Waals surface area contributed by atoms with E-state index in [1.54, 1.807) is 0 Å². The minimum absolute atomic E-state index is 0.228. The number of aliphatic imine (C=N–C) groups is 1. The molecule has 2 N–H and O–H groups in total. The maximum Gasteiger partial charge on any atom is 0.303 e. The van der Waals surface area contributed by atoms with E-state index in [-0.39, 0.29) is 12.0 Å². The molecule has 0 radical (unpaired) electrons. The lowest BCUT2D eigenvalue weighted by Gasteiger charge is -2.31. The van der Waals surface area contributed by atoms with Crippen LogP contribution >= 0.6 is 28.1 Å². The highest BCUT2D eigenvalue weighted by Crippen LogP contribution is 2.25.